The predicted octanol–water partition coefficient (Wildman–Crippen LogP) is 4.90. The standard InChI is InChI=1S/C17H30O2/c1-7-10-11-14(8-2)13-19-16(18)15(9-3)12-17(4,5)6/h7,10-11,15H,8-9,12-13H2,1-6H3/b10-7-,14-11+. The van der Waals surface area contributed by atoms with E-state index in [0.717, 1.165) is 24.8 Å². The molecule has 19 heavy (non-hydrogen) atoms. The minimum Gasteiger partial charge on any atom is -0.461 e. The second kappa shape index (κ2) is 8.95. The number of ether oxygens (including phenoxy) is 1. The summed E-state index contributed by atoms with van der Waals surface area (Å²) >= 11 is 0. The molecule has 0 saturated carbocycles. The Morgan fingerprint density at radius 1 is 1.26 bits per heavy atom. The molecule has 2 heteroatoms. The zero-order valence-electron chi connectivity index (χ0n) is 13.5. The van der Waals surface area contributed by atoms with Gasteiger partial charge in [0.1, 0.15) is 6.61 Å². The first-order valence-electron chi connectivity index (χ1n) is 7.31. The van der Waals surface area contributed by atoms with Gasteiger partial charge in [-0.2, -0.15) is 0 Å². The van der Waals surface area contributed by atoms with Crippen LogP contribution in [-0.2, 0) is 9.53 Å². The minimum absolute atomic E-state index is 0.0137. The molecule has 0 saturated heterocycles. The van der Waals surface area contributed by atoms with Gasteiger partial charge in [0.15, 0.2) is 0 Å². The van der Waals surface area contributed by atoms with Gasteiger partial charge >= 0.3 is 5.97 Å². The van der Waals surface area contributed by atoms with Crippen molar-refractivity contribution in [2.45, 2.75) is 60.8 Å². The van der Waals surface area contributed by atoms with Gasteiger partial charge in [0.2, 0.25) is 0 Å². The molecule has 0 heterocycles. The molecule has 0 radical (unpaired) electrons. The predicted molar refractivity (Wildman–Crippen MR) is 82.0 cm³/mol. The molecule has 1 unspecified atom stereocenters. The maximum absolute atomic E-state index is 12.1. The second-order valence-electron chi connectivity index (χ2n) is 6.18. The average Bonchev–Trinajstić information content (AvgIpc) is 2.34. The molecule has 0 aliphatic rings. The van der Waals surface area contributed by atoms with E-state index in [9.17, 15) is 4.79 Å². The molecular formula is C17H30O2. The van der Waals surface area contributed by atoms with Gasteiger partial charge in [-0.25, -0.2) is 0 Å². The summed E-state index contributed by atoms with van der Waals surface area (Å²) in [5, 5.41) is 0. The van der Waals surface area contributed by atoms with E-state index in [1.165, 1.54) is 0 Å². The molecule has 0 N–H and O–H groups in total. The van der Waals surface area contributed by atoms with Crippen molar-refractivity contribution < 1.29 is 9.53 Å². The highest BCUT2D eigenvalue weighted by Gasteiger charge is 2.24. The van der Waals surface area contributed by atoms with Gasteiger partial charge < -0.3 is 4.74 Å². The molecule has 0 aliphatic heterocycles. The Bertz CT molecular complexity index is 319. The Hall–Kier alpha value is -1.05. The maximum atomic E-state index is 12.1. The lowest BCUT2D eigenvalue weighted by atomic mass is 9.83. The molecule has 2 nitrogen and oxygen atoms in total. The van der Waals surface area contributed by atoms with Crippen molar-refractivity contribution >= 4 is 5.97 Å². The molecule has 0 rings (SSSR count). The Kier molecular flexibility index (Phi) is 8.46. The van der Waals surface area contributed by atoms with Gasteiger partial charge in [-0.15, -0.1) is 0 Å². The zero-order valence-corrected chi connectivity index (χ0v) is 13.5. The van der Waals surface area contributed by atoms with Gasteiger partial charge in [-0.05, 0) is 37.2 Å². The fourth-order valence-corrected chi connectivity index (χ4v) is 1.92. The smallest absolute Gasteiger partial charge is 0.309 e. The number of hydrogen-bond acceptors (Lipinski definition) is 2. The highest BCUT2D eigenvalue weighted by atomic mass is 16.5. The first kappa shape index (κ1) is 17.9. The van der Waals surface area contributed by atoms with Crippen LogP contribution in [0.2, 0.25) is 0 Å². The van der Waals surface area contributed by atoms with Crippen LogP contribution in [0.15, 0.2) is 23.8 Å². The number of hydrogen-bond donors (Lipinski definition) is 0. The van der Waals surface area contributed by atoms with Crippen LogP contribution in [0.5, 0.6) is 0 Å². The Morgan fingerprint density at radius 2 is 1.89 bits per heavy atom. The molecule has 0 aromatic heterocycles. The first-order valence-corrected chi connectivity index (χ1v) is 7.31. The normalized spacial score (nSPS) is 14.7. The maximum Gasteiger partial charge on any atom is 0.309 e. The molecule has 0 amide bonds. The number of carbonyl (C=O) groups excluding carboxylic acids is 1. The van der Waals surface area contributed by atoms with Crippen LogP contribution in [0.3, 0.4) is 0 Å². The van der Waals surface area contributed by atoms with Crippen molar-refractivity contribution in [1.29, 1.82) is 0 Å². The van der Waals surface area contributed by atoms with Crippen LogP contribution in [-0.4, -0.2) is 12.6 Å². The van der Waals surface area contributed by atoms with E-state index in [1.54, 1.807) is 0 Å². The lowest BCUT2D eigenvalue weighted by Gasteiger charge is -2.24. The van der Waals surface area contributed by atoms with E-state index < -0.39 is 0 Å². The number of rotatable bonds is 7. The van der Waals surface area contributed by atoms with Crippen molar-refractivity contribution in [3.8, 4) is 0 Å². The van der Waals surface area contributed by atoms with Crippen LogP contribution in [0, 0.1) is 11.3 Å². The van der Waals surface area contributed by atoms with Gasteiger partial charge in [-0.3, -0.25) is 4.79 Å². The lowest BCUT2D eigenvalue weighted by molar-refractivity contribution is -0.148. The van der Waals surface area contributed by atoms with E-state index in [2.05, 4.69) is 27.7 Å². The number of carbonyl (C=O) groups is 1. The topological polar surface area (TPSA) is 26.3 Å². The quantitative estimate of drug-likeness (QED) is 0.483. The summed E-state index contributed by atoms with van der Waals surface area (Å²) < 4.78 is 5.45. The highest BCUT2D eigenvalue weighted by molar-refractivity contribution is 5.72. The Morgan fingerprint density at radius 3 is 2.32 bits per heavy atom. The van der Waals surface area contributed by atoms with Crippen LogP contribution in [0.4, 0.5) is 0 Å². The molecule has 0 fully saturated rings. The van der Waals surface area contributed by atoms with Gasteiger partial charge in [-0.1, -0.05) is 52.8 Å². The largest absolute Gasteiger partial charge is 0.461 e. The third-order valence-electron chi connectivity index (χ3n) is 3.06. The van der Waals surface area contributed by atoms with Gasteiger partial charge in [0.25, 0.3) is 0 Å². The summed E-state index contributed by atoms with van der Waals surface area (Å²) in [7, 11) is 0. The zero-order chi connectivity index (χ0) is 14.9. The molecule has 110 valence electrons. The molecule has 0 aliphatic carbocycles. The fraction of sp³-hybridized carbons (Fsp3) is 0.706. The monoisotopic (exact) mass is 266 g/mol. The SMILES string of the molecule is C/C=C\C=C(/CC)COC(=O)C(CC)CC(C)(C)C. The third-order valence-corrected chi connectivity index (χ3v) is 3.06. The van der Waals surface area contributed by atoms with Crippen molar-refractivity contribution in [2.75, 3.05) is 6.61 Å². The highest BCUT2D eigenvalue weighted by Crippen LogP contribution is 2.27. The Balaban J connectivity index is 4.42. The Labute approximate surface area is 118 Å². The van der Waals surface area contributed by atoms with E-state index in [4.69, 9.17) is 4.74 Å². The van der Waals surface area contributed by atoms with Crippen LogP contribution >= 0.6 is 0 Å². The third kappa shape index (κ3) is 8.63. The summed E-state index contributed by atoms with van der Waals surface area (Å²) in [6.07, 6.45) is 8.62. The fourth-order valence-electron chi connectivity index (χ4n) is 1.92. The summed E-state index contributed by atoms with van der Waals surface area (Å²) in [5.74, 6) is -0.0444. The number of esters is 1. The van der Waals surface area contributed by atoms with Crippen molar-refractivity contribution in [2.24, 2.45) is 11.3 Å². The van der Waals surface area contributed by atoms with Crippen LogP contribution in [0.1, 0.15) is 60.8 Å². The van der Waals surface area contributed by atoms with E-state index in [-0.39, 0.29) is 17.3 Å². The number of allylic oxidation sites excluding steroid dienone is 3. The van der Waals surface area contributed by atoms with E-state index in [1.807, 2.05) is 32.1 Å². The molecule has 0 aromatic rings. The summed E-state index contributed by atoms with van der Waals surface area (Å²) in [6.45, 7) is 13.0. The van der Waals surface area contributed by atoms with Crippen molar-refractivity contribution in [3.05, 3.63) is 23.8 Å². The van der Waals surface area contributed by atoms with Crippen LogP contribution in [0.25, 0.3) is 0 Å². The summed E-state index contributed by atoms with van der Waals surface area (Å²) in [5.41, 5.74) is 1.31. The van der Waals surface area contributed by atoms with Gasteiger partial charge in [0.05, 0.1) is 5.92 Å². The van der Waals surface area contributed by atoms with Crippen molar-refractivity contribution in [3.63, 3.8) is 0 Å². The summed E-state index contributed by atoms with van der Waals surface area (Å²) in [6, 6.07) is 0. The minimum atomic E-state index is -0.0581. The van der Waals surface area contributed by atoms with E-state index >= 15 is 0 Å². The van der Waals surface area contributed by atoms with Crippen molar-refractivity contribution in [1.82, 2.24) is 0 Å². The van der Waals surface area contributed by atoms with Gasteiger partial charge in [0, 0.05) is 0 Å². The first-order chi connectivity index (χ1) is 8.84. The molecular weight excluding hydrogens is 236 g/mol. The lowest BCUT2D eigenvalue weighted by Crippen LogP contribution is -2.23. The van der Waals surface area contributed by atoms with E-state index in [0.29, 0.717) is 6.61 Å². The molecule has 0 bridgehead atoms. The summed E-state index contributed by atoms with van der Waals surface area (Å²) in [4.78, 5) is 12.1. The molecule has 1 atom stereocenters. The molecule has 0 spiro atoms. The van der Waals surface area contributed by atoms with Crippen LogP contribution < -0.4 is 0 Å². The molecule has 0 aromatic carbocycles. The second-order valence-corrected chi connectivity index (χ2v) is 6.18. The average molecular weight is 266 g/mol.